The van der Waals surface area contributed by atoms with Crippen molar-refractivity contribution in [3.05, 3.63) is 17.5 Å². The summed E-state index contributed by atoms with van der Waals surface area (Å²) >= 11 is 0. The van der Waals surface area contributed by atoms with Crippen LogP contribution in [0.15, 0.2) is 6.07 Å². The Morgan fingerprint density at radius 3 is 2.38 bits per heavy atom. The fourth-order valence-corrected chi connectivity index (χ4v) is 1.77. The zero-order valence-electron chi connectivity index (χ0n) is 8.96. The summed E-state index contributed by atoms with van der Waals surface area (Å²) in [5, 5.41) is 4.56. The molecule has 0 N–H and O–H groups in total. The number of aromatic nitrogens is 2. The maximum atomic E-state index is 4.56. The second-order valence-electron chi connectivity index (χ2n) is 5.10. The molecular weight excluding hydrogens is 160 g/mol. The van der Waals surface area contributed by atoms with Crippen LogP contribution in [-0.2, 0) is 12.5 Å². The molecule has 1 heterocycles. The number of hydrogen-bond acceptors (Lipinski definition) is 1. The van der Waals surface area contributed by atoms with E-state index in [-0.39, 0.29) is 5.41 Å². The molecule has 1 fully saturated rings. The summed E-state index contributed by atoms with van der Waals surface area (Å²) in [6, 6.07) is 2.28. The minimum atomic E-state index is 0.217. The van der Waals surface area contributed by atoms with Crippen LogP contribution in [0.25, 0.3) is 0 Å². The molecule has 2 heteroatoms. The molecule has 0 unspecified atom stereocenters. The quantitative estimate of drug-likeness (QED) is 0.646. The highest BCUT2D eigenvalue weighted by molar-refractivity contribution is 5.23. The summed E-state index contributed by atoms with van der Waals surface area (Å²) in [5.74, 6) is 0.766. The highest BCUT2D eigenvalue weighted by Gasteiger charge is 2.29. The van der Waals surface area contributed by atoms with E-state index in [0.29, 0.717) is 0 Å². The van der Waals surface area contributed by atoms with Crippen molar-refractivity contribution in [2.24, 2.45) is 7.05 Å². The molecule has 0 amide bonds. The Morgan fingerprint density at radius 2 is 2.00 bits per heavy atom. The van der Waals surface area contributed by atoms with E-state index in [1.807, 2.05) is 11.7 Å². The van der Waals surface area contributed by atoms with Crippen molar-refractivity contribution in [1.82, 2.24) is 9.78 Å². The summed E-state index contributed by atoms with van der Waals surface area (Å²) < 4.78 is 2.04. The molecule has 1 aliphatic carbocycles. The number of nitrogens with zero attached hydrogens (tertiary/aromatic N) is 2. The lowest BCUT2D eigenvalue weighted by molar-refractivity contribution is 0.522. The third kappa shape index (κ3) is 1.62. The Labute approximate surface area is 80.0 Å². The lowest BCUT2D eigenvalue weighted by Crippen LogP contribution is -2.16. The smallest absolute Gasteiger partial charge is 0.0658 e. The van der Waals surface area contributed by atoms with Crippen molar-refractivity contribution in [3.8, 4) is 0 Å². The van der Waals surface area contributed by atoms with E-state index in [0.717, 1.165) is 5.92 Å². The minimum absolute atomic E-state index is 0.217. The van der Waals surface area contributed by atoms with Crippen LogP contribution in [0.5, 0.6) is 0 Å². The molecule has 2 rings (SSSR count). The number of hydrogen-bond donors (Lipinski definition) is 0. The summed E-state index contributed by atoms with van der Waals surface area (Å²) in [6.07, 6.45) is 2.67. The Balaban J connectivity index is 2.35. The van der Waals surface area contributed by atoms with Crippen LogP contribution in [0, 0.1) is 0 Å². The molecular formula is C11H18N2. The normalized spacial score (nSPS) is 17.8. The maximum Gasteiger partial charge on any atom is 0.0658 e. The predicted octanol–water partition coefficient (Wildman–Crippen LogP) is 2.60. The van der Waals surface area contributed by atoms with Gasteiger partial charge in [0.15, 0.2) is 0 Å². The molecule has 0 spiro atoms. The minimum Gasteiger partial charge on any atom is -0.272 e. The first kappa shape index (κ1) is 8.79. The zero-order valence-corrected chi connectivity index (χ0v) is 8.96. The molecule has 0 radical (unpaired) electrons. The van der Waals surface area contributed by atoms with Gasteiger partial charge in [0.1, 0.15) is 0 Å². The standard InChI is InChI=1S/C11H18N2/c1-11(2,3)10-7-9(8-5-6-8)12-13(10)4/h7-8H,5-6H2,1-4H3. The Morgan fingerprint density at radius 1 is 1.38 bits per heavy atom. The molecule has 0 aromatic carbocycles. The fraction of sp³-hybridized carbons (Fsp3) is 0.727. The molecule has 13 heavy (non-hydrogen) atoms. The van der Waals surface area contributed by atoms with Gasteiger partial charge in [-0.25, -0.2) is 0 Å². The monoisotopic (exact) mass is 178 g/mol. The van der Waals surface area contributed by atoms with Gasteiger partial charge in [-0.1, -0.05) is 20.8 Å². The van der Waals surface area contributed by atoms with Gasteiger partial charge in [0.05, 0.1) is 5.69 Å². The first-order chi connectivity index (χ1) is 5.98. The van der Waals surface area contributed by atoms with E-state index in [1.165, 1.54) is 24.2 Å². The summed E-state index contributed by atoms with van der Waals surface area (Å²) in [6.45, 7) is 6.71. The highest BCUT2D eigenvalue weighted by atomic mass is 15.3. The van der Waals surface area contributed by atoms with Crippen LogP contribution in [0.3, 0.4) is 0 Å². The average Bonchev–Trinajstić information content (AvgIpc) is 2.73. The fourth-order valence-electron chi connectivity index (χ4n) is 1.77. The van der Waals surface area contributed by atoms with Crippen molar-refractivity contribution >= 4 is 0 Å². The van der Waals surface area contributed by atoms with Crippen LogP contribution in [0.1, 0.15) is 50.9 Å². The summed E-state index contributed by atoms with van der Waals surface area (Å²) in [7, 11) is 2.05. The number of rotatable bonds is 1. The summed E-state index contributed by atoms with van der Waals surface area (Å²) in [5.41, 5.74) is 2.86. The van der Waals surface area contributed by atoms with Crippen molar-refractivity contribution in [2.45, 2.75) is 44.9 Å². The van der Waals surface area contributed by atoms with E-state index in [9.17, 15) is 0 Å². The molecule has 0 aliphatic heterocycles. The van der Waals surface area contributed by atoms with Gasteiger partial charge < -0.3 is 0 Å². The predicted molar refractivity (Wildman–Crippen MR) is 53.9 cm³/mol. The van der Waals surface area contributed by atoms with E-state index < -0.39 is 0 Å². The van der Waals surface area contributed by atoms with Crippen molar-refractivity contribution in [1.29, 1.82) is 0 Å². The molecule has 0 bridgehead atoms. The van der Waals surface area contributed by atoms with Gasteiger partial charge >= 0.3 is 0 Å². The Bertz CT molecular complexity index is 313. The molecule has 1 aromatic heterocycles. The van der Waals surface area contributed by atoms with Gasteiger partial charge in [-0.05, 0) is 18.9 Å². The van der Waals surface area contributed by atoms with Gasteiger partial charge in [0.2, 0.25) is 0 Å². The largest absolute Gasteiger partial charge is 0.272 e. The molecule has 2 nitrogen and oxygen atoms in total. The van der Waals surface area contributed by atoms with E-state index >= 15 is 0 Å². The van der Waals surface area contributed by atoms with E-state index in [1.54, 1.807) is 0 Å². The molecule has 1 saturated carbocycles. The van der Waals surface area contributed by atoms with Crippen molar-refractivity contribution < 1.29 is 0 Å². The van der Waals surface area contributed by atoms with Gasteiger partial charge in [-0.15, -0.1) is 0 Å². The third-order valence-corrected chi connectivity index (χ3v) is 2.66. The van der Waals surface area contributed by atoms with Crippen LogP contribution in [-0.4, -0.2) is 9.78 Å². The van der Waals surface area contributed by atoms with Gasteiger partial charge in [0.25, 0.3) is 0 Å². The average molecular weight is 178 g/mol. The second kappa shape index (κ2) is 2.60. The second-order valence-corrected chi connectivity index (χ2v) is 5.10. The lowest BCUT2D eigenvalue weighted by Gasteiger charge is -2.17. The van der Waals surface area contributed by atoms with Crippen LogP contribution < -0.4 is 0 Å². The lowest BCUT2D eigenvalue weighted by atomic mass is 9.92. The van der Waals surface area contributed by atoms with E-state index in [2.05, 4.69) is 31.9 Å². The van der Waals surface area contributed by atoms with Crippen LogP contribution in [0.4, 0.5) is 0 Å². The number of aryl methyl sites for hydroxylation is 1. The molecule has 1 aromatic rings. The molecule has 1 aliphatic rings. The van der Waals surface area contributed by atoms with E-state index in [4.69, 9.17) is 0 Å². The first-order valence-electron chi connectivity index (χ1n) is 5.03. The Kier molecular flexibility index (Phi) is 1.76. The van der Waals surface area contributed by atoms with Crippen LogP contribution in [0.2, 0.25) is 0 Å². The molecule has 0 atom stereocenters. The van der Waals surface area contributed by atoms with Gasteiger partial charge in [-0.3, -0.25) is 4.68 Å². The van der Waals surface area contributed by atoms with Crippen molar-refractivity contribution in [3.63, 3.8) is 0 Å². The third-order valence-electron chi connectivity index (χ3n) is 2.66. The molecule has 0 saturated heterocycles. The topological polar surface area (TPSA) is 17.8 Å². The molecule has 72 valence electrons. The SMILES string of the molecule is Cn1nc(C2CC2)cc1C(C)(C)C. The Hall–Kier alpha value is -0.790. The first-order valence-corrected chi connectivity index (χ1v) is 5.03. The summed E-state index contributed by atoms with van der Waals surface area (Å²) in [4.78, 5) is 0. The highest BCUT2D eigenvalue weighted by Crippen LogP contribution is 2.40. The maximum absolute atomic E-state index is 4.56. The van der Waals surface area contributed by atoms with Crippen LogP contribution >= 0.6 is 0 Å². The van der Waals surface area contributed by atoms with Gasteiger partial charge in [0, 0.05) is 24.1 Å². The zero-order chi connectivity index (χ0) is 9.64. The van der Waals surface area contributed by atoms with Gasteiger partial charge in [-0.2, -0.15) is 5.10 Å². The van der Waals surface area contributed by atoms with Crippen molar-refractivity contribution in [2.75, 3.05) is 0 Å².